The number of nitriles is 1. The number of carboxylic acid groups (broad SMARTS) is 1. The van der Waals surface area contributed by atoms with Gasteiger partial charge in [-0.15, -0.1) is 0 Å². The average molecular weight is 211 g/mol. The fourth-order valence-electron chi connectivity index (χ4n) is 1.57. The van der Waals surface area contributed by atoms with E-state index in [2.05, 4.69) is 13.0 Å². The van der Waals surface area contributed by atoms with E-state index in [0.717, 1.165) is 12.8 Å². The van der Waals surface area contributed by atoms with Crippen molar-refractivity contribution in [3.05, 3.63) is 0 Å². The molecule has 0 bridgehead atoms. The molecular formula is C12H21NO2. The van der Waals surface area contributed by atoms with Crippen molar-refractivity contribution in [3.63, 3.8) is 0 Å². The Balaban J connectivity index is 3.72. The second-order valence-electron chi connectivity index (χ2n) is 4.07. The van der Waals surface area contributed by atoms with Gasteiger partial charge in [0.25, 0.3) is 0 Å². The third-order valence-corrected chi connectivity index (χ3v) is 2.78. The average Bonchev–Trinajstić information content (AvgIpc) is 2.22. The first-order valence-electron chi connectivity index (χ1n) is 5.75. The molecule has 0 aliphatic rings. The number of carboxylic acids is 1. The van der Waals surface area contributed by atoms with E-state index in [1.54, 1.807) is 6.92 Å². The van der Waals surface area contributed by atoms with E-state index in [4.69, 9.17) is 10.4 Å². The van der Waals surface area contributed by atoms with Gasteiger partial charge in [-0.2, -0.15) is 5.26 Å². The van der Waals surface area contributed by atoms with Crippen LogP contribution in [-0.2, 0) is 4.79 Å². The van der Waals surface area contributed by atoms with Gasteiger partial charge in [-0.05, 0) is 6.42 Å². The number of carbonyl (C=O) groups is 1. The highest BCUT2D eigenvalue weighted by molar-refractivity contribution is 5.70. The van der Waals surface area contributed by atoms with Crippen LogP contribution in [0.5, 0.6) is 0 Å². The van der Waals surface area contributed by atoms with E-state index in [1.165, 1.54) is 19.3 Å². The molecule has 0 fully saturated rings. The van der Waals surface area contributed by atoms with Crippen LogP contribution >= 0.6 is 0 Å². The van der Waals surface area contributed by atoms with Crippen molar-refractivity contribution in [2.45, 2.75) is 52.4 Å². The molecule has 0 aromatic heterocycles. The molecule has 0 saturated heterocycles. The zero-order chi connectivity index (χ0) is 11.7. The fourth-order valence-corrected chi connectivity index (χ4v) is 1.57. The Kier molecular flexibility index (Phi) is 7.71. The molecule has 1 N–H and O–H groups in total. The van der Waals surface area contributed by atoms with Gasteiger partial charge >= 0.3 is 5.97 Å². The Morgan fingerprint density at radius 2 is 1.93 bits per heavy atom. The summed E-state index contributed by atoms with van der Waals surface area (Å²) >= 11 is 0. The SMILES string of the molecule is CCCCCCCC(C#N)C(C)C(=O)O. The molecule has 0 rings (SSSR count). The van der Waals surface area contributed by atoms with Crippen molar-refractivity contribution in [3.8, 4) is 6.07 Å². The maximum absolute atomic E-state index is 10.7. The van der Waals surface area contributed by atoms with Crippen LogP contribution in [0.2, 0.25) is 0 Å². The number of nitrogens with zero attached hydrogens (tertiary/aromatic N) is 1. The number of hydrogen-bond donors (Lipinski definition) is 1. The molecule has 3 nitrogen and oxygen atoms in total. The van der Waals surface area contributed by atoms with Crippen LogP contribution in [0.1, 0.15) is 52.4 Å². The molecule has 0 spiro atoms. The molecule has 0 radical (unpaired) electrons. The molecule has 0 amide bonds. The normalized spacial score (nSPS) is 14.2. The molecule has 0 aliphatic heterocycles. The molecule has 3 heteroatoms. The summed E-state index contributed by atoms with van der Waals surface area (Å²) in [6, 6.07) is 2.09. The van der Waals surface area contributed by atoms with Gasteiger partial charge in [0.15, 0.2) is 0 Å². The third-order valence-electron chi connectivity index (χ3n) is 2.78. The summed E-state index contributed by atoms with van der Waals surface area (Å²) in [4.78, 5) is 10.7. The molecule has 0 aliphatic carbocycles. The van der Waals surface area contributed by atoms with Gasteiger partial charge in [0.1, 0.15) is 0 Å². The first kappa shape index (κ1) is 14.0. The van der Waals surface area contributed by atoms with Gasteiger partial charge in [0.05, 0.1) is 17.9 Å². The number of aliphatic carboxylic acids is 1. The van der Waals surface area contributed by atoms with Crippen LogP contribution in [0.15, 0.2) is 0 Å². The second kappa shape index (κ2) is 8.28. The summed E-state index contributed by atoms with van der Waals surface area (Å²) in [5.74, 6) is -1.74. The van der Waals surface area contributed by atoms with E-state index >= 15 is 0 Å². The summed E-state index contributed by atoms with van der Waals surface area (Å²) < 4.78 is 0. The van der Waals surface area contributed by atoms with E-state index in [9.17, 15) is 4.79 Å². The number of hydrogen-bond acceptors (Lipinski definition) is 2. The Bertz CT molecular complexity index is 220. The highest BCUT2D eigenvalue weighted by Crippen LogP contribution is 2.19. The zero-order valence-electron chi connectivity index (χ0n) is 9.70. The lowest BCUT2D eigenvalue weighted by molar-refractivity contribution is -0.142. The lowest BCUT2D eigenvalue weighted by Crippen LogP contribution is -2.19. The minimum atomic E-state index is -0.866. The zero-order valence-corrected chi connectivity index (χ0v) is 9.70. The monoisotopic (exact) mass is 211 g/mol. The van der Waals surface area contributed by atoms with Gasteiger partial charge < -0.3 is 5.11 Å². The second-order valence-corrected chi connectivity index (χ2v) is 4.07. The topological polar surface area (TPSA) is 61.1 Å². The van der Waals surface area contributed by atoms with Crippen LogP contribution in [0.3, 0.4) is 0 Å². The minimum Gasteiger partial charge on any atom is -0.481 e. The fraction of sp³-hybridized carbons (Fsp3) is 0.833. The Labute approximate surface area is 92.1 Å². The summed E-state index contributed by atoms with van der Waals surface area (Å²) in [6.45, 7) is 3.77. The maximum atomic E-state index is 10.7. The largest absolute Gasteiger partial charge is 0.481 e. The van der Waals surface area contributed by atoms with Crippen molar-refractivity contribution >= 4 is 5.97 Å². The highest BCUT2D eigenvalue weighted by atomic mass is 16.4. The quantitative estimate of drug-likeness (QED) is 0.627. The summed E-state index contributed by atoms with van der Waals surface area (Å²) in [5.41, 5.74) is 0. The van der Waals surface area contributed by atoms with Crippen LogP contribution < -0.4 is 0 Å². The molecular weight excluding hydrogens is 190 g/mol. The molecule has 0 aromatic carbocycles. The van der Waals surface area contributed by atoms with E-state index in [0.29, 0.717) is 6.42 Å². The van der Waals surface area contributed by atoms with Gasteiger partial charge in [-0.3, -0.25) is 4.79 Å². The number of rotatable bonds is 8. The van der Waals surface area contributed by atoms with Crippen molar-refractivity contribution in [1.82, 2.24) is 0 Å². The molecule has 0 saturated carbocycles. The predicted molar refractivity (Wildman–Crippen MR) is 59.3 cm³/mol. The maximum Gasteiger partial charge on any atom is 0.307 e. The predicted octanol–water partition coefficient (Wildman–Crippen LogP) is 3.21. The minimum absolute atomic E-state index is 0.330. The molecule has 0 heterocycles. The van der Waals surface area contributed by atoms with Crippen molar-refractivity contribution in [2.75, 3.05) is 0 Å². The molecule has 15 heavy (non-hydrogen) atoms. The first-order chi connectivity index (χ1) is 7.13. The van der Waals surface area contributed by atoms with Crippen LogP contribution in [0, 0.1) is 23.2 Å². The van der Waals surface area contributed by atoms with Crippen LogP contribution in [-0.4, -0.2) is 11.1 Å². The Hall–Kier alpha value is -1.04. The van der Waals surface area contributed by atoms with Gasteiger partial charge in [-0.1, -0.05) is 46.0 Å². The standard InChI is InChI=1S/C12H21NO2/c1-3-4-5-6-7-8-11(9-13)10(2)12(14)15/h10-11H,3-8H2,1-2H3,(H,14,15). The van der Waals surface area contributed by atoms with E-state index in [-0.39, 0.29) is 5.92 Å². The van der Waals surface area contributed by atoms with Crippen molar-refractivity contribution in [1.29, 1.82) is 5.26 Å². The summed E-state index contributed by atoms with van der Waals surface area (Å²) in [6.07, 6.45) is 6.41. The molecule has 86 valence electrons. The molecule has 2 atom stereocenters. The number of unbranched alkanes of at least 4 members (excludes halogenated alkanes) is 4. The first-order valence-corrected chi connectivity index (χ1v) is 5.75. The van der Waals surface area contributed by atoms with Gasteiger partial charge in [-0.25, -0.2) is 0 Å². The van der Waals surface area contributed by atoms with Crippen LogP contribution in [0.25, 0.3) is 0 Å². The van der Waals surface area contributed by atoms with Gasteiger partial charge in [0, 0.05) is 0 Å². The highest BCUT2D eigenvalue weighted by Gasteiger charge is 2.22. The van der Waals surface area contributed by atoms with Crippen LogP contribution in [0.4, 0.5) is 0 Å². The Morgan fingerprint density at radius 3 is 2.40 bits per heavy atom. The summed E-state index contributed by atoms with van der Waals surface area (Å²) in [5, 5.41) is 17.6. The molecule has 0 aromatic rings. The third kappa shape index (κ3) is 6.11. The molecule has 2 unspecified atom stereocenters. The van der Waals surface area contributed by atoms with Crippen molar-refractivity contribution in [2.24, 2.45) is 11.8 Å². The lowest BCUT2D eigenvalue weighted by atomic mass is 9.90. The van der Waals surface area contributed by atoms with E-state index in [1.807, 2.05) is 0 Å². The lowest BCUT2D eigenvalue weighted by Gasteiger charge is -2.12. The van der Waals surface area contributed by atoms with E-state index < -0.39 is 11.9 Å². The Morgan fingerprint density at radius 1 is 1.33 bits per heavy atom. The van der Waals surface area contributed by atoms with Crippen molar-refractivity contribution < 1.29 is 9.90 Å². The smallest absolute Gasteiger partial charge is 0.307 e. The summed E-state index contributed by atoms with van der Waals surface area (Å²) in [7, 11) is 0. The van der Waals surface area contributed by atoms with Gasteiger partial charge in [0.2, 0.25) is 0 Å².